The van der Waals surface area contributed by atoms with Gasteiger partial charge in [-0.2, -0.15) is 0 Å². The lowest BCUT2D eigenvalue weighted by atomic mass is 9.73. The van der Waals surface area contributed by atoms with Crippen LogP contribution in [-0.4, -0.2) is 42.1 Å². The molecule has 0 radical (unpaired) electrons. The Kier molecular flexibility index (Phi) is 5.17. The molecule has 0 saturated carbocycles. The van der Waals surface area contributed by atoms with Crippen LogP contribution in [0.4, 0.5) is 0 Å². The van der Waals surface area contributed by atoms with E-state index in [4.69, 9.17) is 16.3 Å². The summed E-state index contributed by atoms with van der Waals surface area (Å²) in [5.41, 5.74) is 1.59. The molecule has 1 aromatic heterocycles. The van der Waals surface area contributed by atoms with Gasteiger partial charge < -0.3 is 14.6 Å². The highest BCUT2D eigenvalue weighted by atomic mass is 79.9. The van der Waals surface area contributed by atoms with Crippen molar-refractivity contribution >= 4 is 56.8 Å². The summed E-state index contributed by atoms with van der Waals surface area (Å²) in [7, 11) is 0. The number of hydrogen-bond acceptors (Lipinski definition) is 3. The summed E-state index contributed by atoms with van der Waals surface area (Å²) in [5.74, 6) is -0.262. The van der Waals surface area contributed by atoms with Gasteiger partial charge in [0.15, 0.2) is 0 Å². The first-order valence-corrected chi connectivity index (χ1v) is 9.09. The molecule has 3 saturated heterocycles. The number of carbonyl (C=O) groups is 1. The van der Waals surface area contributed by atoms with E-state index >= 15 is 0 Å². The van der Waals surface area contributed by atoms with Gasteiger partial charge in [0.1, 0.15) is 0 Å². The number of esters is 1. The first-order chi connectivity index (χ1) is 11.1. The summed E-state index contributed by atoms with van der Waals surface area (Å²) < 4.78 is 6.51. The Morgan fingerprint density at radius 2 is 1.96 bits per heavy atom. The number of hydrogen-bond donors (Lipinski definition) is 1. The van der Waals surface area contributed by atoms with Crippen molar-refractivity contribution in [3.05, 3.63) is 33.4 Å². The maximum absolute atomic E-state index is 12.6. The first kappa shape index (κ1) is 18.1. The zero-order valence-electron chi connectivity index (χ0n) is 13.1. The van der Waals surface area contributed by atoms with E-state index in [-0.39, 0.29) is 23.8 Å². The van der Waals surface area contributed by atoms with Crippen molar-refractivity contribution in [3.8, 4) is 0 Å². The van der Waals surface area contributed by atoms with Gasteiger partial charge in [-0.15, -0.1) is 12.4 Å². The first-order valence-electron chi connectivity index (χ1n) is 7.92. The van der Waals surface area contributed by atoms with Gasteiger partial charge in [-0.25, -0.2) is 4.79 Å². The smallest absolute Gasteiger partial charge is 0.340 e. The maximum atomic E-state index is 12.6. The number of H-pyrrole nitrogens is 1. The molecule has 0 atom stereocenters. The van der Waals surface area contributed by atoms with Crippen LogP contribution in [0.3, 0.4) is 0 Å². The van der Waals surface area contributed by atoms with Gasteiger partial charge >= 0.3 is 5.97 Å². The van der Waals surface area contributed by atoms with E-state index < -0.39 is 0 Å². The van der Waals surface area contributed by atoms with Crippen molar-refractivity contribution < 1.29 is 9.53 Å². The molecule has 24 heavy (non-hydrogen) atoms. The lowest BCUT2D eigenvalue weighted by Crippen LogP contribution is -2.50. The summed E-state index contributed by atoms with van der Waals surface area (Å²) in [5, 5.41) is 1.45. The van der Waals surface area contributed by atoms with Crippen molar-refractivity contribution in [1.82, 2.24) is 9.88 Å². The van der Waals surface area contributed by atoms with Crippen LogP contribution in [0.1, 0.15) is 29.6 Å². The summed E-state index contributed by atoms with van der Waals surface area (Å²) in [6.07, 6.45) is 5.10. The van der Waals surface area contributed by atoms with Crippen molar-refractivity contribution in [2.75, 3.05) is 26.2 Å². The van der Waals surface area contributed by atoms with Crippen LogP contribution in [0, 0.1) is 5.41 Å². The lowest BCUT2D eigenvalue weighted by molar-refractivity contribution is -0.0304. The average molecular weight is 434 g/mol. The minimum atomic E-state index is -0.262. The Balaban J connectivity index is 0.00000169. The highest BCUT2D eigenvalue weighted by Gasteiger charge is 2.40. The molecule has 7 heteroatoms. The van der Waals surface area contributed by atoms with E-state index in [2.05, 4.69) is 25.8 Å². The highest BCUT2D eigenvalue weighted by molar-refractivity contribution is 9.10. The Bertz CT molecular complexity index is 756. The number of halogens is 3. The van der Waals surface area contributed by atoms with Gasteiger partial charge in [0.2, 0.25) is 0 Å². The lowest BCUT2D eigenvalue weighted by Gasteiger charge is -2.47. The molecule has 0 aliphatic carbocycles. The van der Waals surface area contributed by atoms with Crippen molar-refractivity contribution in [1.29, 1.82) is 0 Å². The minimum absolute atomic E-state index is 0. The highest BCUT2D eigenvalue weighted by Crippen LogP contribution is 2.40. The van der Waals surface area contributed by atoms with Crippen LogP contribution in [0.15, 0.2) is 22.8 Å². The largest absolute Gasteiger partial charge is 0.461 e. The summed E-state index contributed by atoms with van der Waals surface area (Å²) in [4.78, 5) is 18.2. The fraction of sp³-hybridized carbons (Fsp3) is 0.471. The molecule has 2 aromatic rings. The quantitative estimate of drug-likeness (QED) is 0.716. The molecule has 0 spiro atoms. The van der Waals surface area contributed by atoms with Gasteiger partial charge in [-0.1, -0.05) is 27.5 Å². The van der Waals surface area contributed by atoms with E-state index in [9.17, 15) is 4.79 Å². The van der Waals surface area contributed by atoms with Crippen LogP contribution < -0.4 is 0 Å². The van der Waals surface area contributed by atoms with E-state index in [1.165, 1.54) is 0 Å². The molecule has 3 aliphatic heterocycles. The Morgan fingerprint density at radius 1 is 1.29 bits per heavy atom. The number of nitrogens with one attached hydrogen (secondary N) is 1. The molecule has 2 bridgehead atoms. The molecule has 1 aromatic carbocycles. The summed E-state index contributed by atoms with van der Waals surface area (Å²) in [6.45, 7) is 3.93. The Hall–Kier alpha value is -0.750. The number of benzene rings is 1. The van der Waals surface area contributed by atoms with Gasteiger partial charge in [-0.05, 0) is 51.0 Å². The molecular weight excluding hydrogens is 415 g/mol. The molecule has 1 N–H and O–H groups in total. The van der Waals surface area contributed by atoms with Crippen LogP contribution in [0.2, 0.25) is 5.02 Å². The molecule has 3 fully saturated rings. The average Bonchev–Trinajstić information content (AvgIpc) is 2.98. The molecule has 5 rings (SSSR count). The third-order valence-corrected chi connectivity index (χ3v) is 6.14. The van der Waals surface area contributed by atoms with E-state index in [1.807, 2.05) is 6.07 Å². The third-order valence-electron chi connectivity index (χ3n) is 5.30. The van der Waals surface area contributed by atoms with Crippen LogP contribution >= 0.6 is 39.9 Å². The van der Waals surface area contributed by atoms with Crippen molar-refractivity contribution in [3.63, 3.8) is 0 Å². The number of piperidine rings is 3. The van der Waals surface area contributed by atoms with Crippen molar-refractivity contribution in [2.24, 2.45) is 5.41 Å². The molecule has 0 amide bonds. The second kappa shape index (κ2) is 6.87. The van der Waals surface area contributed by atoms with Crippen LogP contribution in [0.25, 0.3) is 10.9 Å². The van der Waals surface area contributed by atoms with E-state index in [0.29, 0.717) is 17.2 Å². The number of carbonyl (C=O) groups excluding carboxylic acids is 1. The van der Waals surface area contributed by atoms with Crippen LogP contribution in [-0.2, 0) is 4.74 Å². The van der Waals surface area contributed by atoms with Gasteiger partial charge in [0, 0.05) is 32.0 Å². The number of nitrogens with zero attached hydrogens (tertiary/aromatic N) is 1. The van der Waals surface area contributed by atoms with Gasteiger partial charge in [0.05, 0.1) is 12.2 Å². The summed E-state index contributed by atoms with van der Waals surface area (Å²) >= 11 is 9.53. The fourth-order valence-electron chi connectivity index (χ4n) is 3.75. The molecule has 0 unspecified atom stereocenters. The van der Waals surface area contributed by atoms with E-state index in [0.717, 1.165) is 54.3 Å². The number of aromatic nitrogens is 1. The number of rotatable bonds is 3. The van der Waals surface area contributed by atoms with E-state index in [1.54, 1.807) is 12.3 Å². The second-order valence-corrected chi connectivity index (χ2v) is 7.97. The van der Waals surface area contributed by atoms with Crippen molar-refractivity contribution in [2.45, 2.75) is 19.3 Å². The SMILES string of the molecule is Cl.O=C(OCC12CCN(CC1)CC2)c1c[nH]c2cc(Cl)cc(Br)c12. The number of ether oxygens (including phenoxy) is 1. The predicted octanol–water partition coefficient (Wildman–Crippen LogP) is 4.65. The zero-order valence-corrected chi connectivity index (χ0v) is 16.3. The normalized spacial score (nSPS) is 25.5. The predicted molar refractivity (Wildman–Crippen MR) is 101 cm³/mol. The van der Waals surface area contributed by atoms with Gasteiger partial charge in [-0.3, -0.25) is 0 Å². The van der Waals surface area contributed by atoms with Gasteiger partial charge in [0.25, 0.3) is 0 Å². The molecule has 3 aliphatic rings. The summed E-state index contributed by atoms with van der Waals surface area (Å²) in [6, 6.07) is 3.61. The maximum Gasteiger partial charge on any atom is 0.340 e. The molecule has 130 valence electrons. The fourth-order valence-corrected chi connectivity index (χ4v) is 4.78. The Labute approximate surface area is 160 Å². The number of fused-ring (bicyclic) bond motifs is 4. The molecule has 4 heterocycles. The monoisotopic (exact) mass is 432 g/mol. The second-order valence-electron chi connectivity index (χ2n) is 6.68. The molecule has 4 nitrogen and oxygen atoms in total. The third kappa shape index (κ3) is 3.19. The molecular formula is C17H19BrCl2N2O2. The topological polar surface area (TPSA) is 45.3 Å². The minimum Gasteiger partial charge on any atom is -0.461 e. The standard InChI is InChI=1S/C17H18BrClN2O2.ClH/c18-13-7-11(19)8-14-15(13)12(9-20-14)16(22)23-10-17-1-4-21(5-2-17)6-3-17;/h7-9,20H,1-6,10H2;1H. The van der Waals surface area contributed by atoms with Crippen LogP contribution in [0.5, 0.6) is 0 Å². The Morgan fingerprint density at radius 3 is 2.62 bits per heavy atom. The zero-order chi connectivity index (χ0) is 16.0. The number of aromatic amines is 1.